The number of amides is 2. The van der Waals surface area contributed by atoms with Gasteiger partial charge < -0.3 is 20.7 Å². The Kier molecular flexibility index (Phi) is 6.55. The summed E-state index contributed by atoms with van der Waals surface area (Å²) in [6, 6.07) is 9.20. The summed E-state index contributed by atoms with van der Waals surface area (Å²) in [5.74, 6) is 0.152. The van der Waals surface area contributed by atoms with E-state index in [2.05, 4.69) is 5.32 Å². The Morgan fingerprint density at radius 1 is 1.28 bits per heavy atom. The van der Waals surface area contributed by atoms with Crippen LogP contribution in [-0.4, -0.2) is 31.5 Å². The number of nitrogens with two attached hydrogens (primary N) is 1. The summed E-state index contributed by atoms with van der Waals surface area (Å²) >= 11 is 1.29. The van der Waals surface area contributed by atoms with Crippen molar-refractivity contribution in [1.29, 1.82) is 0 Å². The molecule has 134 valence electrons. The Labute approximate surface area is 151 Å². The van der Waals surface area contributed by atoms with Crippen molar-refractivity contribution in [3.63, 3.8) is 0 Å². The van der Waals surface area contributed by atoms with Gasteiger partial charge in [-0.15, -0.1) is 11.3 Å². The molecule has 1 aromatic heterocycles. The number of primary amides is 1. The van der Waals surface area contributed by atoms with Crippen LogP contribution in [-0.2, 0) is 11.3 Å². The van der Waals surface area contributed by atoms with Crippen LogP contribution < -0.4 is 20.7 Å². The van der Waals surface area contributed by atoms with Crippen molar-refractivity contribution in [3.8, 4) is 5.75 Å². The molecule has 25 heavy (non-hydrogen) atoms. The highest BCUT2D eigenvalue weighted by Crippen LogP contribution is 2.22. The average molecular weight is 362 g/mol. The van der Waals surface area contributed by atoms with Gasteiger partial charge in [-0.3, -0.25) is 9.59 Å². The average Bonchev–Trinajstić information content (AvgIpc) is 3.04. The third-order valence-corrected chi connectivity index (χ3v) is 4.85. The van der Waals surface area contributed by atoms with E-state index in [4.69, 9.17) is 10.5 Å². The van der Waals surface area contributed by atoms with E-state index in [0.717, 1.165) is 16.2 Å². The first kappa shape index (κ1) is 19.0. The number of hydrogen-bond donors (Lipinski definition) is 3. The molecule has 7 heteroatoms. The van der Waals surface area contributed by atoms with Gasteiger partial charge in [-0.1, -0.05) is 0 Å². The van der Waals surface area contributed by atoms with E-state index in [1.807, 2.05) is 45.2 Å². The predicted molar refractivity (Wildman–Crippen MR) is 99.1 cm³/mol. The molecule has 0 radical (unpaired) electrons. The lowest BCUT2D eigenvalue weighted by molar-refractivity contribution is -0.907. The number of benzene rings is 1. The molecule has 0 saturated heterocycles. The second-order valence-corrected chi connectivity index (χ2v) is 6.75. The number of nitrogens with one attached hydrogen (secondary N) is 2. The second-order valence-electron chi connectivity index (χ2n) is 5.84. The smallest absolute Gasteiger partial charge is 0.282 e. The topological polar surface area (TPSA) is 85.9 Å². The van der Waals surface area contributed by atoms with Crippen LogP contribution in [0.4, 0.5) is 5.00 Å². The third-order valence-electron chi connectivity index (χ3n) is 4.02. The molecule has 2 aromatic rings. The minimum Gasteiger partial charge on any atom is -0.494 e. The maximum atomic E-state index is 12.5. The summed E-state index contributed by atoms with van der Waals surface area (Å²) in [4.78, 5) is 24.8. The Hall–Kier alpha value is -2.38. The van der Waals surface area contributed by atoms with Gasteiger partial charge >= 0.3 is 0 Å². The number of thiophene rings is 1. The molecular weight excluding hydrogens is 338 g/mol. The number of likely N-dealkylation sites (N-methyl/N-ethyl adjacent to an activating group) is 1. The fraction of sp³-hybridized carbons (Fsp3) is 0.333. The fourth-order valence-electron chi connectivity index (χ4n) is 2.39. The van der Waals surface area contributed by atoms with Crippen molar-refractivity contribution >= 4 is 28.2 Å². The van der Waals surface area contributed by atoms with E-state index >= 15 is 0 Å². The Bertz CT molecular complexity index is 727. The molecule has 1 heterocycles. The molecule has 0 saturated carbocycles. The van der Waals surface area contributed by atoms with E-state index < -0.39 is 5.91 Å². The maximum Gasteiger partial charge on any atom is 0.282 e. The Balaban J connectivity index is 1.96. The van der Waals surface area contributed by atoms with Crippen LogP contribution in [0, 0.1) is 0 Å². The molecule has 2 amide bonds. The summed E-state index contributed by atoms with van der Waals surface area (Å²) in [5, 5.41) is 5.03. The third kappa shape index (κ3) is 5.04. The van der Waals surface area contributed by atoms with Gasteiger partial charge in [0.1, 0.15) is 17.3 Å². The van der Waals surface area contributed by atoms with Crippen molar-refractivity contribution in [1.82, 2.24) is 0 Å². The Morgan fingerprint density at radius 2 is 1.96 bits per heavy atom. The zero-order valence-electron chi connectivity index (χ0n) is 14.7. The zero-order valence-corrected chi connectivity index (χ0v) is 15.5. The van der Waals surface area contributed by atoms with Gasteiger partial charge in [0.25, 0.3) is 11.8 Å². The summed E-state index contributed by atoms with van der Waals surface area (Å²) in [5.41, 5.74) is 6.77. The lowest BCUT2D eigenvalue weighted by Gasteiger charge is -2.21. The van der Waals surface area contributed by atoms with Crippen LogP contribution in [0.5, 0.6) is 5.75 Å². The van der Waals surface area contributed by atoms with Gasteiger partial charge in [-0.25, -0.2) is 0 Å². The van der Waals surface area contributed by atoms with Crippen molar-refractivity contribution in [3.05, 3.63) is 46.8 Å². The summed E-state index contributed by atoms with van der Waals surface area (Å²) in [6.45, 7) is 5.14. The largest absolute Gasteiger partial charge is 0.494 e. The summed E-state index contributed by atoms with van der Waals surface area (Å²) in [6.07, 6.45) is 0. The van der Waals surface area contributed by atoms with Crippen molar-refractivity contribution in [2.75, 3.05) is 19.0 Å². The first-order valence-electron chi connectivity index (χ1n) is 8.14. The quantitative estimate of drug-likeness (QED) is 0.661. The summed E-state index contributed by atoms with van der Waals surface area (Å²) in [7, 11) is 1.96. The molecule has 0 aliphatic carbocycles. The van der Waals surface area contributed by atoms with Gasteiger partial charge in [0.05, 0.1) is 19.2 Å². The molecule has 1 unspecified atom stereocenters. The minimum atomic E-state index is -0.542. The highest BCUT2D eigenvalue weighted by Gasteiger charge is 2.24. The van der Waals surface area contributed by atoms with Crippen LogP contribution in [0.15, 0.2) is 35.7 Å². The van der Waals surface area contributed by atoms with Gasteiger partial charge in [0.2, 0.25) is 0 Å². The monoisotopic (exact) mass is 362 g/mol. The number of rotatable bonds is 8. The number of quaternary nitrogens is 1. The number of hydrogen-bond acceptors (Lipinski definition) is 4. The van der Waals surface area contributed by atoms with Crippen LogP contribution in [0.2, 0.25) is 0 Å². The normalized spacial score (nSPS) is 13.1. The van der Waals surface area contributed by atoms with E-state index in [0.29, 0.717) is 23.7 Å². The molecule has 0 aliphatic rings. The first-order valence-corrected chi connectivity index (χ1v) is 9.02. The molecule has 1 aromatic carbocycles. The lowest BCUT2D eigenvalue weighted by atomic mass is 10.2. The van der Waals surface area contributed by atoms with Gasteiger partial charge in [-0.05, 0) is 49.6 Å². The molecule has 0 spiro atoms. The fourth-order valence-corrected chi connectivity index (χ4v) is 3.18. The lowest BCUT2D eigenvalue weighted by Crippen LogP contribution is -3.12. The second kappa shape index (κ2) is 8.64. The highest BCUT2D eigenvalue weighted by atomic mass is 32.1. The number of ether oxygens (including phenoxy) is 1. The van der Waals surface area contributed by atoms with Crippen LogP contribution in [0.25, 0.3) is 0 Å². The predicted octanol–water partition coefficient (Wildman–Crippen LogP) is 1.29. The standard InChI is InChI=1S/C18H23N3O3S/c1-4-24-14-7-5-13(6-8-14)11-21(3)12(2)17(23)20-18-15(16(19)22)9-10-25-18/h5-10,12H,4,11H2,1-3H3,(H2,19,22)(H,20,23)/p+1/t12-/m0/s1. The molecular formula is C18H24N3O3S+. The van der Waals surface area contributed by atoms with E-state index in [9.17, 15) is 9.59 Å². The molecule has 0 aliphatic heterocycles. The molecule has 6 nitrogen and oxygen atoms in total. The van der Waals surface area contributed by atoms with Crippen LogP contribution >= 0.6 is 11.3 Å². The van der Waals surface area contributed by atoms with Crippen LogP contribution in [0.1, 0.15) is 29.8 Å². The van der Waals surface area contributed by atoms with Crippen molar-refractivity contribution < 1.29 is 19.2 Å². The van der Waals surface area contributed by atoms with Crippen LogP contribution in [0.3, 0.4) is 0 Å². The minimum absolute atomic E-state index is 0.145. The van der Waals surface area contributed by atoms with E-state index in [-0.39, 0.29) is 11.9 Å². The number of carbonyl (C=O) groups excluding carboxylic acids is 2. The first-order chi connectivity index (χ1) is 11.9. The zero-order chi connectivity index (χ0) is 18.4. The maximum absolute atomic E-state index is 12.5. The number of carbonyl (C=O) groups is 2. The molecule has 0 bridgehead atoms. The Morgan fingerprint density at radius 3 is 2.56 bits per heavy atom. The van der Waals surface area contributed by atoms with E-state index in [1.54, 1.807) is 11.4 Å². The number of anilines is 1. The van der Waals surface area contributed by atoms with E-state index in [1.165, 1.54) is 11.3 Å². The summed E-state index contributed by atoms with van der Waals surface area (Å²) < 4.78 is 5.43. The van der Waals surface area contributed by atoms with Gasteiger partial charge in [0.15, 0.2) is 6.04 Å². The van der Waals surface area contributed by atoms with Crippen molar-refractivity contribution in [2.24, 2.45) is 5.73 Å². The molecule has 2 rings (SSSR count). The molecule has 0 fully saturated rings. The SMILES string of the molecule is CCOc1ccc(C[NH+](C)[C@@H](C)C(=O)Nc2sccc2C(N)=O)cc1. The molecule has 2 atom stereocenters. The molecule has 4 N–H and O–H groups in total. The van der Waals surface area contributed by atoms with Gasteiger partial charge in [0, 0.05) is 5.56 Å². The van der Waals surface area contributed by atoms with Crippen molar-refractivity contribution in [2.45, 2.75) is 26.4 Å². The highest BCUT2D eigenvalue weighted by molar-refractivity contribution is 7.14. The van der Waals surface area contributed by atoms with Gasteiger partial charge in [-0.2, -0.15) is 0 Å².